The Morgan fingerprint density at radius 1 is 0.700 bits per heavy atom. The molecular weight excluding hydrogens is 366 g/mol. The van der Waals surface area contributed by atoms with Crippen LogP contribution in [0.4, 0.5) is 0 Å². The minimum atomic E-state index is 0.241. The lowest BCUT2D eigenvalue weighted by atomic mass is 9.88. The molecule has 148 valence electrons. The zero-order chi connectivity index (χ0) is 20.7. The smallest absolute Gasteiger partial charge is 0.135 e. The van der Waals surface area contributed by atoms with Crippen LogP contribution in [-0.4, -0.2) is 4.98 Å². The fourth-order valence-corrected chi connectivity index (χ4v) is 4.19. The number of fused-ring (bicyclic) bond motifs is 5. The highest BCUT2D eigenvalue weighted by Gasteiger charge is 2.21. The molecule has 0 fully saturated rings. The average Bonchev–Trinajstić information content (AvgIpc) is 2.87. The highest BCUT2D eigenvalue weighted by atomic mass is 16.5. The lowest BCUT2D eigenvalue weighted by Gasteiger charge is -2.18. The molecule has 2 heterocycles. The van der Waals surface area contributed by atoms with E-state index in [9.17, 15) is 0 Å². The van der Waals surface area contributed by atoms with Crippen LogP contribution in [0.25, 0.3) is 33.5 Å². The Morgan fingerprint density at radius 3 is 2.13 bits per heavy atom. The monoisotopic (exact) mass is 391 g/mol. The summed E-state index contributed by atoms with van der Waals surface area (Å²) in [5, 5.41) is 0. The maximum absolute atomic E-state index is 6.34. The molecule has 30 heavy (non-hydrogen) atoms. The third-order valence-corrected chi connectivity index (χ3v) is 5.45. The highest BCUT2D eigenvalue weighted by Crippen LogP contribution is 2.47. The van der Waals surface area contributed by atoms with Crippen LogP contribution in [0.15, 0.2) is 85.1 Å². The van der Waals surface area contributed by atoms with Gasteiger partial charge in [0, 0.05) is 22.9 Å². The first-order chi connectivity index (χ1) is 14.5. The van der Waals surface area contributed by atoms with Crippen molar-refractivity contribution in [2.24, 2.45) is 5.41 Å². The number of para-hydroxylation sites is 1. The van der Waals surface area contributed by atoms with Crippen molar-refractivity contribution in [3.8, 4) is 45.0 Å². The van der Waals surface area contributed by atoms with E-state index < -0.39 is 0 Å². The Hall–Kier alpha value is -3.39. The van der Waals surface area contributed by atoms with Crippen molar-refractivity contribution in [2.45, 2.75) is 27.2 Å². The number of ether oxygens (including phenoxy) is 1. The van der Waals surface area contributed by atoms with Crippen molar-refractivity contribution in [3.63, 3.8) is 0 Å². The van der Waals surface area contributed by atoms with Crippen LogP contribution < -0.4 is 4.74 Å². The second-order valence-electron chi connectivity index (χ2n) is 9.14. The van der Waals surface area contributed by atoms with E-state index in [0.29, 0.717) is 0 Å². The standard InChI is InChI=1S/C28H25NO/c1-28(2,3)18-19-14-15-29-25(16-19)20-12-13-27-24(17-20)22-9-5-4-8-21(22)23-10-6-7-11-26(23)30-27/h4-17H,18H2,1-3H3. The van der Waals surface area contributed by atoms with E-state index >= 15 is 0 Å². The summed E-state index contributed by atoms with van der Waals surface area (Å²) in [4.78, 5) is 4.67. The summed E-state index contributed by atoms with van der Waals surface area (Å²) >= 11 is 0. The first kappa shape index (κ1) is 18.6. The molecule has 0 bridgehead atoms. The van der Waals surface area contributed by atoms with Crippen LogP contribution in [0.2, 0.25) is 0 Å². The van der Waals surface area contributed by atoms with Crippen LogP contribution in [0.1, 0.15) is 26.3 Å². The average molecular weight is 392 g/mol. The molecule has 4 aromatic rings. The van der Waals surface area contributed by atoms with Crippen molar-refractivity contribution < 1.29 is 4.74 Å². The van der Waals surface area contributed by atoms with E-state index in [1.54, 1.807) is 0 Å². The van der Waals surface area contributed by atoms with E-state index in [0.717, 1.165) is 40.3 Å². The van der Waals surface area contributed by atoms with Gasteiger partial charge in [-0.15, -0.1) is 0 Å². The molecule has 0 unspecified atom stereocenters. The molecule has 0 amide bonds. The number of benzene rings is 3. The van der Waals surface area contributed by atoms with Gasteiger partial charge < -0.3 is 4.74 Å². The van der Waals surface area contributed by atoms with Gasteiger partial charge in [0.2, 0.25) is 0 Å². The Bertz CT molecular complexity index is 1230. The van der Waals surface area contributed by atoms with E-state index in [4.69, 9.17) is 4.74 Å². The first-order valence-electron chi connectivity index (χ1n) is 10.4. The molecular formula is C28H25NO. The van der Waals surface area contributed by atoms with Crippen molar-refractivity contribution in [2.75, 3.05) is 0 Å². The predicted molar refractivity (Wildman–Crippen MR) is 124 cm³/mol. The lowest BCUT2D eigenvalue weighted by Crippen LogP contribution is -2.09. The number of pyridine rings is 1. The summed E-state index contributed by atoms with van der Waals surface area (Å²) in [6.45, 7) is 6.80. The van der Waals surface area contributed by atoms with Crippen LogP contribution in [0.3, 0.4) is 0 Å². The minimum Gasteiger partial charge on any atom is -0.456 e. The quantitative estimate of drug-likeness (QED) is 0.306. The Morgan fingerprint density at radius 2 is 1.37 bits per heavy atom. The van der Waals surface area contributed by atoms with Crippen LogP contribution in [0, 0.1) is 5.41 Å². The van der Waals surface area contributed by atoms with Crippen LogP contribution in [-0.2, 0) is 6.42 Å². The van der Waals surface area contributed by atoms with Gasteiger partial charge in [-0.2, -0.15) is 0 Å². The van der Waals surface area contributed by atoms with Gasteiger partial charge in [-0.05, 0) is 64.9 Å². The summed E-state index contributed by atoms with van der Waals surface area (Å²) in [7, 11) is 0. The molecule has 5 rings (SSSR count). The van der Waals surface area contributed by atoms with Crippen LogP contribution in [0.5, 0.6) is 11.5 Å². The molecule has 2 nitrogen and oxygen atoms in total. The molecule has 0 N–H and O–H groups in total. The molecule has 0 atom stereocenters. The third kappa shape index (κ3) is 3.50. The Balaban J connectivity index is 1.64. The largest absolute Gasteiger partial charge is 0.456 e. The van der Waals surface area contributed by atoms with Gasteiger partial charge in [0.25, 0.3) is 0 Å². The Labute approximate surface area is 178 Å². The summed E-state index contributed by atoms with van der Waals surface area (Å²) in [5.74, 6) is 1.77. The molecule has 1 aliphatic heterocycles. The summed E-state index contributed by atoms with van der Waals surface area (Å²) in [6.07, 6.45) is 2.94. The van der Waals surface area contributed by atoms with Gasteiger partial charge in [0.05, 0.1) is 5.69 Å². The topological polar surface area (TPSA) is 22.1 Å². The number of hydrogen-bond donors (Lipinski definition) is 0. The van der Waals surface area contributed by atoms with Gasteiger partial charge in [-0.3, -0.25) is 4.98 Å². The van der Waals surface area contributed by atoms with E-state index in [1.807, 2.05) is 18.3 Å². The number of rotatable bonds is 2. The fraction of sp³-hybridized carbons (Fsp3) is 0.179. The predicted octanol–water partition coefficient (Wildman–Crippen LogP) is 7.78. The van der Waals surface area contributed by atoms with Gasteiger partial charge >= 0.3 is 0 Å². The maximum atomic E-state index is 6.34. The molecule has 0 saturated carbocycles. The van der Waals surface area contributed by atoms with E-state index in [-0.39, 0.29) is 5.41 Å². The molecule has 0 aliphatic carbocycles. The highest BCUT2D eigenvalue weighted by molar-refractivity contribution is 5.91. The van der Waals surface area contributed by atoms with Gasteiger partial charge in [0.1, 0.15) is 11.5 Å². The fourth-order valence-electron chi connectivity index (χ4n) is 4.19. The van der Waals surface area contributed by atoms with Gasteiger partial charge in [0.15, 0.2) is 0 Å². The molecule has 0 radical (unpaired) electrons. The number of hydrogen-bond acceptors (Lipinski definition) is 2. The van der Waals surface area contributed by atoms with E-state index in [1.165, 1.54) is 16.7 Å². The van der Waals surface area contributed by atoms with Crippen molar-refractivity contribution in [1.82, 2.24) is 4.98 Å². The summed E-state index contributed by atoms with van der Waals surface area (Å²) in [6, 6.07) is 27.5. The molecule has 1 aliphatic rings. The lowest BCUT2D eigenvalue weighted by molar-refractivity contribution is 0.411. The second kappa shape index (κ2) is 7.14. The van der Waals surface area contributed by atoms with Crippen molar-refractivity contribution >= 4 is 0 Å². The SMILES string of the molecule is CC(C)(C)Cc1ccnc(-c2ccc3c(c2)-c2ccccc2-c2ccccc2O3)c1. The van der Waals surface area contributed by atoms with Crippen LogP contribution >= 0.6 is 0 Å². The van der Waals surface area contributed by atoms with Gasteiger partial charge in [-0.1, -0.05) is 63.2 Å². The van der Waals surface area contributed by atoms with Crippen molar-refractivity contribution in [1.29, 1.82) is 0 Å². The summed E-state index contributed by atoms with van der Waals surface area (Å²) in [5.41, 5.74) is 8.26. The molecule has 2 heteroatoms. The second-order valence-corrected chi connectivity index (χ2v) is 9.14. The maximum Gasteiger partial charge on any atom is 0.135 e. The normalized spacial score (nSPS) is 12.2. The Kier molecular flexibility index (Phi) is 4.43. The van der Waals surface area contributed by atoms with Gasteiger partial charge in [-0.25, -0.2) is 0 Å². The van der Waals surface area contributed by atoms with E-state index in [2.05, 4.69) is 92.5 Å². The zero-order valence-electron chi connectivity index (χ0n) is 17.6. The number of aromatic nitrogens is 1. The first-order valence-corrected chi connectivity index (χ1v) is 10.4. The minimum absolute atomic E-state index is 0.241. The third-order valence-electron chi connectivity index (χ3n) is 5.45. The number of nitrogens with zero attached hydrogens (tertiary/aromatic N) is 1. The molecule has 3 aromatic carbocycles. The summed E-state index contributed by atoms with van der Waals surface area (Å²) < 4.78 is 6.34. The molecule has 0 saturated heterocycles. The van der Waals surface area contributed by atoms with Crippen molar-refractivity contribution in [3.05, 3.63) is 90.6 Å². The molecule has 0 spiro atoms. The zero-order valence-corrected chi connectivity index (χ0v) is 17.6. The molecule has 1 aromatic heterocycles.